The van der Waals surface area contributed by atoms with Gasteiger partial charge in [-0.25, -0.2) is 9.97 Å². The van der Waals surface area contributed by atoms with E-state index in [1.165, 1.54) is 61.6 Å². The highest BCUT2D eigenvalue weighted by Crippen LogP contribution is 2.36. The Kier molecular flexibility index (Phi) is 6.61. The topological polar surface area (TPSA) is 25.8 Å². The highest BCUT2D eigenvalue weighted by Gasteiger charge is 2.21. The molecule has 0 radical (unpaired) electrons. The lowest BCUT2D eigenvalue weighted by Gasteiger charge is -2.27. The van der Waals surface area contributed by atoms with Gasteiger partial charge < -0.3 is 0 Å². The zero-order chi connectivity index (χ0) is 17.5. The molecule has 0 unspecified atom stereocenters. The summed E-state index contributed by atoms with van der Waals surface area (Å²) in [4.78, 5) is 9.29. The van der Waals surface area contributed by atoms with Crippen LogP contribution in [0.15, 0.2) is 36.7 Å². The summed E-state index contributed by atoms with van der Waals surface area (Å²) in [7, 11) is 0. The zero-order valence-electron chi connectivity index (χ0n) is 15.9. The van der Waals surface area contributed by atoms with E-state index in [2.05, 4.69) is 60.5 Å². The van der Waals surface area contributed by atoms with E-state index in [1.807, 2.05) is 0 Å². The number of rotatable bonds is 7. The van der Waals surface area contributed by atoms with Gasteiger partial charge in [0.05, 0.1) is 0 Å². The largest absolute Gasteiger partial charge is 0.241 e. The standard InChI is InChI=1S/C23H32N2/c1-3-5-19-6-8-20(9-7-19)12-15-23-24-16-22(17-25-23)21-13-10-18(4-2)11-14-21/h6-9,16-18,21H,3-5,10-15H2,1-2H3. The molecule has 1 heterocycles. The van der Waals surface area contributed by atoms with E-state index >= 15 is 0 Å². The first-order valence-electron chi connectivity index (χ1n) is 10.2. The van der Waals surface area contributed by atoms with E-state index in [4.69, 9.17) is 0 Å². The van der Waals surface area contributed by atoms with E-state index in [1.54, 1.807) is 0 Å². The highest BCUT2D eigenvalue weighted by molar-refractivity contribution is 5.23. The van der Waals surface area contributed by atoms with Crippen LogP contribution in [0.5, 0.6) is 0 Å². The summed E-state index contributed by atoms with van der Waals surface area (Å²) < 4.78 is 0. The molecule has 1 aromatic carbocycles. The molecule has 2 aromatic rings. The van der Waals surface area contributed by atoms with Crippen LogP contribution in [0, 0.1) is 5.92 Å². The summed E-state index contributed by atoms with van der Waals surface area (Å²) in [6, 6.07) is 9.03. The molecule has 1 aromatic heterocycles. The third-order valence-corrected chi connectivity index (χ3v) is 5.82. The molecule has 0 bridgehead atoms. The lowest BCUT2D eigenvalue weighted by atomic mass is 9.78. The monoisotopic (exact) mass is 336 g/mol. The molecule has 0 amide bonds. The summed E-state index contributed by atoms with van der Waals surface area (Å²) >= 11 is 0. The van der Waals surface area contributed by atoms with Crippen molar-refractivity contribution in [2.24, 2.45) is 5.92 Å². The predicted octanol–water partition coefficient (Wildman–Crippen LogP) is 5.90. The van der Waals surface area contributed by atoms with E-state index < -0.39 is 0 Å². The van der Waals surface area contributed by atoms with Crippen LogP contribution in [0.25, 0.3) is 0 Å². The molecule has 3 rings (SSSR count). The molecule has 0 spiro atoms. The van der Waals surface area contributed by atoms with Crippen molar-refractivity contribution >= 4 is 0 Å². The average Bonchev–Trinajstić information content (AvgIpc) is 2.68. The summed E-state index contributed by atoms with van der Waals surface area (Å²) in [5, 5.41) is 0. The molecule has 1 aliphatic rings. The molecule has 0 atom stereocenters. The molecule has 0 aliphatic heterocycles. The van der Waals surface area contributed by atoms with E-state index in [0.717, 1.165) is 24.6 Å². The molecule has 1 fully saturated rings. The van der Waals surface area contributed by atoms with E-state index in [9.17, 15) is 0 Å². The van der Waals surface area contributed by atoms with Gasteiger partial charge >= 0.3 is 0 Å². The SMILES string of the molecule is CCCc1ccc(CCc2ncc(C3CCC(CC)CC3)cn2)cc1. The third kappa shape index (κ3) is 5.14. The lowest BCUT2D eigenvalue weighted by molar-refractivity contribution is 0.318. The van der Waals surface area contributed by atoms with E-state index in [0.29, 0.717) is 5.92 Å². The Morgan fingerprint density at radius 2 is 1.40 bits per heavy atom. The Morgan fingerprint density at radius 1 is 0.800 bits per heavy atom. The maximum absolute atomic E-state index is 4.64. The van der Waals surface area contributed by atoms with Gasteiger partial charge in [0.1, 0.15) is 5.82 Å². The van der Waals surface area contributed by atoms with Gasteiger partial charge in [-0.2, -0.15) is 0 Å². The van der Waals surface area contributed by atoms with Gasteiger partial charge in [-0.05, 0) is 67.1 Å². The molecule has 0 N–H and O–H groups in total. The molecular weight excluding hydrogens is 304 g/mol. The fourth-order valence-electron chi connectivity index (χ4n) is 4.03. The van der Waals surface area contributed by atoms with Gasteiger partial charge in [-0.15, -0.1) is 0 Å². The van der Waals surface area contributed by atoms with Crippen molar-refractivity contribution in [3.05, 3.63) is 59.2 Å². The maximum atomic E-state index is 4.64. The Hall–Kier alpha value is -1.70. The Labute approximate surface area is 153 Å². The van der Waals surface area contributed by atoms with E-state index in [-0.39, 0.29) is 0 Å². The van der Waals surface area contributed by atoms with Crippen molar-refractivity contribution < 1.29 is 0 Å². The molecule has 2 nitrogen and oxygen atoms in total. The number of nitrogens with zero attached hydrogens (tertiary/aromatic N) is 2. The normalized spacial score (nSPS) is 20.6. The second-order valence-corrected chi connectivity index (χ2v) is 7.63. The second-order valence-electron chi connectivity index (χ2n) is 7.63. The first kappa shape index (κ1) is 18.1. The van der Waals surface area contributed by atoms with Crippen LogP contribution >= 0.6 is 0 Å². The van der Waals surface area contributed by atoms with Crippen LogP contribution in [0.3, 0.4) is 0 Å². The minimum absolute atomic E-state index is 0.683. The van der Waals surface area contributed by atoms with Gasteiger partial charge in [0, 0.05) is 18.8 Å². The van der Waals surface area contributed by atoms with Crippen LogP contribution in [-0.4, -0.2) is 9.97 Å². The summed E-state index contributed by atoms with van der Waals surface area (Å²) in [6.07, 6.45) is 15.2. The van der Waals surface area contributed by atoms with Crippen LogP contribution < -0.4 is 0 Å². The van der Waals surface area contributed by atoms with Gasteiger partial charge in [-0.1, -0.05) is 51.0 Å². The fraction of sp³-hybridized carbons (Fsp3) is 0.565. The number of aryl methyl sites for hydroxylation is 3. The predicted molar refractivity (Wildman–Crippen MR) is 105 cm³/mol. The Balaban J connectivity index is 1.50. The highest BCUT2D eigenvalue weighted by atomic mass is 14.9. The van der Waals surface area contributed by atoms with Gasteiger partial charge in [-0.3, -0.25) is 0 Å². The number of hydrogen-bond acceptors (Lipinski definition) is 2. The van der Waals surface area contributed by atoms with Gasteiger partial charge in [0.25, 0.3) is 0 Å². The Bertz CT molecular complexity index is 622. The molecule has 134 valence electrons. The quantitative estimate of drug-likeness (QED) is 0.629. The summed E-state index contributed by atoms with van der Waals surface area (Å²) in [5.41, 5.74) is 4.16. The first-order valence-corrected chi connectivity index (χ1v) is 10.2. The van der Waals surface area contributed by atoms with Crippen LogP contribution in [0.1, 0.15) is 80.8 Å². The summed E-state index contributed by atoms with van der Waals surface area (Å²) in [5.74, 6) is 2.60. The molecule has 1 saturated carbocycles. The first-order chi connectivity index (χ1) is 12.3. The minimum Gasteiger partial charge on any atom is -0.241 e. The summed E-state index contributed by atoms with van der Waals surface area (Å²) in [6.45, 7) is 4.55. The smallest absolute Gasteiger partial charge is 0.128 e. The fourth-order valence-corrected chi connectivity index (χ4v) is 4.03. The number of aromatic nitrogens is 2. The van der Waals surface area contributed by atoms with Crippen molar-refractivity contribution in [2.45, 2.75) is 77.6 Å². The maximum Gasteiger partial charge on any atom is 0.128 e. The van der Waals surface area contributed by atoms with Crippen molar-refractivity contribution in [3.63, 3.8) is 0 Å². The third-order valence-electron chi connectivity index (χ3n) is 5.82. The Morgan fingerprint density at radius 3 is 1.96 bits per heavy atom. The minimum atomic E-state index is 0.683. The van der Waals surface area contributed by atoms with Crippen molar-refractivity contribution in [1.82, 2.24) is 9.97 Å². The molecule has 0 saturated heterocycles. The molecule has 2 heteroatoms. The van der Waals surface area contributed by atoms with Gasteiger partial charge in [0.15, 0.2) is 0 Å². The van der Waals surface area contributed by atoms with Crippen molar-refractivity contribution in [2.75, 3.05) is 0 Å². The molecular formula is C23H32N2. The zero-order valence-corrected chi connectivity index (χ0v) is 15.9. The number of benzene rings is 1. The molecule has 1 aliphatic carbocycles. The van der Waals surface area contributed by atoms with Crippen molar-refractivity contribution in [1.29, 1.82) is 0 Å². The van der Waals surface area contributed by atoms with Crippen LogP contribution in [0.2, 0.25) is 0 Å². The van der Waals surface area contributed by atoms with Gasteiger partial charge in [0.2, 0.25) is 0 Å². The van der Waals surface area contributed by atoms with Crippen LogP contribution in [-0.2, 0) is 19.3 Å². The number of hydrogen-bond donors (Lipinski definition) is 0. The molecule has 25 heavy (non-hydrogen) atoms. The second kappa shape index (κ2) is 9.12. The average molecular weight is 337 g/mol. The van der Waals surface area contributed by atoms with Crippen molar-refractivity contribution in [3.8, 4) is 0 Å². The lowest BCUT2D eigenvalue weighted by Crippen LogP contribution is -2.13. The van der Waals surface area contributed by atoms with Crippen LogP contribution in [0.4, 0.5) is 0 Å².